The number of ether oxygens (including phenoxy) is 1. The number of oxime groups is 1. The van der Waals surface area contributed by atoms with Crippen LogP contribution in [0.4, 0.5) is 5.13 Å². The van der Waals surface area contributed by atoms with Crippen LogP contribution in [0.3, 0.4) is 0 Å². The van der Waals surface area contributed by atoms with E-state index < -0.39 is 34.0 Å². The van der Waals surface area contributed by atoms with Gasteiger partial charge in [0.05, 0.1) is 18.2 Å². The first-order valence-corrected chi connectivity index (χ1v) is 15.0. The van der Waals surface area contributed by atoms with Crippen molar-refractivity contribution in [2.45, 2.75) is 32.4 Å². The number of Topliss-reactive ketones (excluding diaryl/α,β-unsaturated/α-hetero) is 1. The Bertz CT molecular complexity index is 1580. The first-order valence-electron chi connectivity index (χ1n) is 12.7. The molecule has 5 N–H and O–H groups in total. The van der Waals surface area contributed by atoms with E-state index in [1.54, 1.807) is 6.20 Å². The second kappa shape index (κ2) is 15.1. The van der Waals surface area contributed by atoms with E-state index in [2.05, 4.69) is 15.2 Å². The fraction of sp³-hybridized carbons (Fsp3) is 0.360. The van der Waals surface area contributed by atoms with Gasteiger partial charge in [-0.05, 0) is 37.6 Å². The zero-order chi connectivity index (χ0) is 31.6. The number of hydrogen-bond donors (Lipinski definition) is 3. The van der Waals surface area contributed by atoms with Gasteiger partial charge in [-0.3, -0.25) is 18.8 Å². The molecule has 1 aliphatic heterocycles. The van der Waals surface area contributed by atoms with E-state index in [-0.39, 0.29) is 42.3 Å². The van der Waals surface area contributed by atoms with Gasteiger partial charge in [-0.15, -0.1) is 11.3 Å². The van der Waals surface area contributed by atoms with Gasteiger partial charge in [0, 0.05) is 30.1 Å². The molecule has 0 spiro atoms. The van der Waals surface area contributed by atoms with Crippen molar-refractivity contribution in [1.82, 2.24) is 19.1 Å². The third kappa shape index (κ3) is 8.76. The summed E-state index contributed by atoms with van der Waals surface area (Å²) in [5, 5.41) is 9.97. The molecule has 0 saturated carbocycles. The predicted molar refractivity (Wildman–Crippen MR) is 152 cm³/mol. The average Bonchev–Trinajstić information content (AvgIpc) is 3.61. The van der Waals surface area contributed by atoms with E-state index in [1.807, 2.05) is 35.1 Å². The van der Waals surface area contributed by atoms with Gasteiger partial charge in [0.25, 0.3) is 0 Å². The molecule has 1 aliphatic rings. The summed E-state index contributed by atoms with van der Waals surface area (Å²) in [6.45, 7) is 2.91. The largest absolute Gasteiger partial charge is 0.490 e. The lowest BCUT2D eigenvalue weighted by Crippen LogP contribution is -2.62. The first-order chi connectivity index (χ1) is 20.5. The molecule has 3 heterocycles. The van der Waals surface area contributed by atoms with Gasteiger partial charge in [-0.1, -0.05) is 17.3 Å². The van der Waals surface area contributed by atoms with Crippen LogP contribution in [-0.2, 0) is 40.9 Å². The van der Waals surface area contributed by atoms with E-state index in [0.717, 1.165) is 35.4 Å². The number of nitrogens with two attached hydrogens (primary N) is 2. The molecule has 0 radical (unpaired) electrons. The van der Waals surface area contributed by atoms with Crippen molar-refractivity contribution in [2.75, 3.05) is 25.5 Å². The predicted octanol–water partition coefficient (Wildman–Crippen LogP) is 0.763. The number of nitrogen functional groups attached to an aromatic ring is 1. The standard InChI is InChI=1S/C24H29N7O7S2.CO2/c1-15-19(23(33)31(15)40(34,35)36)11-21(32)22(20-14-39-24(26)28-20)29-38-10-9-37-18-5-3-16(4-6-18)17-12-27-30(13-17)8-2-7-25;2-1-3/h3-6,12-15,19H,2,7-11,25H2,1H3,(H2,26,28)(H,34,35,36);/b29-22-;/t15-,19-;/m0./s1. The van der Waals surface area contributed by atoms with Crippen LogP contribution in [0.1, 0.15) is 25.5 Å². The van der Waals surface area contributed by atoms with Gasteiger partial charge in [0.1, 0.15) is 18.1 Å². The van der Waals surface area contributed by atoms with Crippen LogP contribution in [0.15, 0.2) is 47.2 Å². The highest BCUT2D eigenvalue weighted by Gasteiger charge is 2.51. The van der Waals surface area contributed by atoms with Crippen molar-refractivity contribution >= 4 is 50.3 Å². The zero-order valence-electron chi connectivity index (χ0n) is 22.9. The molecule has 2 atom stereocenters. The minimum absolute atomic E-state index is 0.00135. The molecule has 0 aliphatic carbocycles. The first kappa shape index (κ1) is 33.0. The van der Waals surface area contributed by atoms with Crippen molar-refractivity contribution in [3.8, 4) is 16.9 Å². The molecule has 0 unspecified atom stereocenters. The van der Waals surface area contributed by atoms with Crippen LogP contribution in [0.2, 0.25) is 0 Å². The van der Waals surface area contributed by atoms with Crippen molar-refractivity contribution < 1.29 is 41.7 Å². The monoisotopic (exact) mass is 635 g/mol. The Kier molecular flexibility index (Phi) is 11.6. The number of benzene rings is 1. The number of aryl methyl sites for hydroxylation is 1. The van der Waals surface area contributed by atoms with Gasteiger partial charge < -0.3 is 21.0 Å². The summed E-state index contributed by atoms with van der Waals surface area (Å²) >= 11 is 1.09. The van der Waals surface area contributed by atoms with E-state index >= 15 is 0 Å². The summed E-state index contributed by atoms with van der Waals surface area (Å²) in [5.74, 6) is -1.80. The minimum atomic E-state index is -4.70. The Balaban J connectivity index is 0.00000162. The molecule has 2 aromatic heterocycles. The summed E-state index contributed by atoms with van der Waals surface area (Å²) < 4.78 is 39.7. The lowest BCUT2D eigenvalue weighted by molar-refractivity contribution is -0.191. The number of amides is 1. The van der Waals surface area contributed by atoms with Crippen molar-refractivity contribution in [1.29, 1.82) is 0 Å². The van der Waals surface area contributed by atoms with E-state index in [1.165, 1.54) is 12.3 Å². The van der Waals surface area contributed by atoms with Gasteiger partial charge in [-0.25, -0.2) is 9.29 Å². The minimum Gasteiger partial charge on any atom is -0.490 e. The highest BCUT2D eigenvalue weighted by molar-refractivity contribution is 7.84. The number of hydrogen-bond acceptors (Lipinski definition) is 14. The maximum absolute atomic E-state index is 13.0. The van der Waals surface area contributed by atoms with E-state index in [9.17, 15) is 18.0 Å². The van der Waals surface area contributed by atoms with Gasteiger partial charge in [0.2, 0.25) is 5.91 Å². The van der Waals surface area contributed by atoms with E-state index in [4.69, 9.17) is 35.2 Å². The summed E-state index contributed by atoms with van der Waals surface area (Å²) in [5.41, 5.74) is 13.2. The van der Waals surface area contributed by atoms with Gasteiger partial charge in [-0.2, -0.15) is 23.1 Å². The topological polar surface area (TPSA) is 239 Å². The third-order valence-electron chi connectivity index (χ3n) is 6.18. The van der Waals surface area contributed by atoms with Gasteiger partial charge >= 0.3 is 16.5 Å². The number of β-lactam (4-membered cyclic amide) rings is 1. The highest BCUT2D eigenvalue weighted by Crippen LogP contribution is 2.32. The molecule has 1 saturated heterocycles. The molecular weight excluding hydrogens is 606 g/mol. The summed E-state index contributed by atoms with van der Waals surface area (Å²) in [7, 11) is -4.70. The molecule has 230 valence electrons. The zero-order valence-corrected chi connectivity index (χ0v) is 24.5. The SMILES string of the molecule is C[C@H]1[C@H](CC(=O)/C(=N\OCCOc2ccc(-c3cnn(CCCN)c3)cc2)c2csc(N)n2)C(=O)N1S(=O)(=O)O.O=C=O. The lowest BCUT2D eigenvalue weighted by atomic mass is 9.86. The van der Waals surface area contributed by atoms with E-state index in [0.29, 0.717) is 16.6 Å². The number of rotatable bonds is 14. The molecular formula is C25H29N7O9S2. The molecule has 4 rings (SSSR count). The smallest absolute Gasteiger partial charge is 0.373 e. The Morgan fingerprint density at radius 1 is 1.21 bits per heavy atom. The number of nitrogens with zero attached hydrogens (tertiary/aromatic N) is 5. The molecule has 18 heteroatoms. The van der Waals surface area contributed by atoms with Crippen LogP contribution >= 0.6 is 11.3 Å². The number of carbonyl (C=O) groups is 2. The quantitative estimate of drug-likeness (QED) is 0.0730. The number of ketones is 1. The maximum Gasteiger partial charge on any atom is 0.373 e. The van der Waals surface area contributed by atoms with Crippen molar-refractivity contribution in [3.05, 3.63) is 47.7 Å². The average molecular weight is 636 g/mol. The third-order valence-corrected chi connectivity index (χ3v) is 7.86. The fourth-order valence-electron chi connectivity index (χ4n) is 4.11. The molecule has 1 aromatic carbocycles. The second-order valence-electron chi connectivity index (χ2n) is 9.02. The summed E-state index contributed by atoms with van der Waals surface area (Å²) in [6, 6.07) is 6.56. The van der Waals surface area contributed by atoms with Gasteiger partial charge in [0.15, 0.2) is 23.2 Å². The molecule has 43 heavy (non-hydrogen) atoms. The van der Waals surface area contributed by atoms with Crippen molar-refractivity contribution in [2.24, 2.45) is 16.8 Å². The van der Waals surface area contributed by atoms with Crippen LogP contribution in [0, 0.1) is 5.92 Å². The van der Waals surface area contributed by atoms with Crippen LogP contribution < -0.4 is 16.2 Å². The number of carbonyl (C=O) groups excluding carboxylic acids is 4. The number of thiazole rings is 1. The Morgan fingerprint density at radius 2 is 1.91 bits per heavy atom. The Labute approximate surface area is 250 Å². The molecule has 3 aromatic rings. The number of anilines is 1. The summed E-state index contributed by atoms with van der Waals surface area (Å²) in [4.78, 5) is 50.8. The highest BCUT2D eigenvalue weighted by atomic mass is 32.2. The Morgan fingerprint density at radius 3 is 2.49 bits per heavy atom. The molecule has 16 nitrogen and oxygen atoms in total. The normalized spacial score (nSPS) is 16.5. The second-order valence-corrected chi connectivity index (χ2v) is 11.2. The molecule has 0 bridgehead atoms. The van der Waals surface area contributed by atoms with Crippen LogP contribution in [0.25, 0.3) is 11.1 Å². The fourth-order valence-corrected chi connectivity index (χ4v) is 5.58. The van der Waals surface area contributed by atoms with Crippen molar-refractivity contribution in [3.63, 3.8) is 0 Å². The van der Waals surface area contributed by atoms with Crippen LogP contribution in [-0.4, -0.2) is 81.4 Å². The Hall–Kier alpha value is -4.48. The molecule has 1 amide bonds. The summed E-state index contributed by atoms with van der Waals surface area (Å²) in [6.07, 6.45) is 4.50. The van der Waals surface area contributed by atoms with Crippen LogP contribution in [0.5, 0.6) is 5.75 Å². The molecule has 1 fully saturated rings. The number of aromatic nitrogens is 3. The lowest BCUT2D eigenvalue weighted by Gasteiger charge is -2.41. The maximum atomic E-state index is 13.0.